The van der Waals surface area contributed by atoms with Crippen molar-refractivity contribution < 1.29 is 4.74 Å². The van der Waals surface area contributed by atoms with Crippen LogP contribution in [0.4, 0.5) is 0 Å². The largest absolute Gasteiger partial charge is 0.494 e. The summed E-state index contributed by atoms with van der Waals surface area (Å²) in [5.41, 5.74) is 3.15. The van der Waals surface area contributed by atoms with Crippen molar-refractivity contribution in [1.29, 1.82) is 0 Å². The number of aryl methyl sites for hydroxylation is 2. The lowest BCUT2D eigenvalue weighted by molar-refractivity contribution is 0.419. The molecule has 0 saturated heterocycles. The fraction of sp³-hybridized carbons (Fsp3) is 0.357. The molecule has 1 aromatic heterocycles. The molecule has 0 radical (unpaired) electrons. The van der Waals surface area contributed by atoms with Gasteiger partial charge in [0.25, 0.3) is 0 Å². The fourth-order valence-electron chi connectivity index (χ4n) is 2.00. The van der Waals surface area contributed by atoms with Crippen LogP contribution in [-0.4, -0.2) is 12.1 Å². The Kier molecular flexibility index (Phi) is 3.53. The van der Waals surface area contributed by atoms with Crippen molar-refractivity contribution in [2.45, 2.75) is 26.7 Å². The zero-order valence-electron chi connectivity index (χ0n) is 10.4. The molecule has 0 bridgehead atoms. The molecule has 90 valence electrons. The minimum Gasteiger partial charge on any atom is -0.494 e. The molecule has 1 aromatic carbocycles. The van der Waals surface area contributed by atoms with Gasteiger partial charge in [0.2, 0.25) is 0 Å². The predicted octanol–water partition coefficient (Wildman–Crippen LogP) is 4.16. The van der Waals surface area contributed by atoms with Crippen molar-refractivity contribution in [2.24, 2.45) is 0 Å². The molecular weight excluding hydrogens is 234 g/mol. The minimum atomic E-state index is 0.586. The van der Waals surface area contributed by atoms with Crippen LogP contribution in [-0.2, 0) is 6.42 Å². The monoisotopic (exact) mass is 249 g/mol. The first-order valence-electron chi connectivity index (χ1n) is 5.80. The van der Waals surface area contributed by atoms with Crippen LogP contribution in [0, 0.1) is 6.92 Å². The van der Waals surface area contributed by atoms with Gasteiger partial charge >= 0.3 is 0 Å². The molecule has 0 fully saturated rings. The molecule has 0 spiro atoms. The third-order valence-electron chi connectivity index (χ3n) is 2.93. The topological polar surface area (TPSA) is 22.1 Å². The van der Waals surface area contributed by atoms with E-state index in [9.17, 15) is 0 Å². The number of nitrogens with zero attached hydrogens (tertiary/aromatic N) is 1. The van der Waals surface area contributed by atoms with Gasteiger partial charge in [-0.3, -0.25) is 0 Å². The van der Waals surface area contributed by atoms with Crippen LogP contribution in [0.15, 0.2) is 18.2 Å². The lowest BCUT2D eigenvalue weighted by atomic mass is 10.0. The number of hydrogen-bond donors (Lipinski definition) is 0. The van der Waals surface area contributed by atoms with E-state index in [-0.39, 0.29) is 0 Å². The molecule has 0 saturated carbocycles. The molecule has 2 aromatic rings. The molecule has 0 aliphatic rings. The Balaban J connectivity index is 2.72. The molecular formula is C14H16ClNO. The normalized spacial score (nSPS) is 10.8. The fourth-order valence-corrected chi connectivity index (χ4v) is 2.23. The van der Waals surface area contributed by atoms with Crippen LogP contribution < -0.4 is 4.74 Å². The van der Waals surface area contributed by atoms with Crippen molar-refractivity contribution in [2.75, 3.05) is 7.11 Å². The average molecular weight is 250 g/mol. The molecule has 0 amide bonds. The summed E-state index contributed by atoms with van der Waals surface area (Å²) in [6.07, 6.45) is 2.02. The van der Waals surface area contributed by atoms with E-state index in [0.717, 1.165) is 35.1 Å². The predicted molar refractivity (Wildman–Crippen MR) is 72.0 cm³/mol. The lowest BCUT2D eigenvalue weighted by Crippen LogP contribution is -1.94. The zero-order chi connectivity index (χ0) is 12.4. The standard InChI is InChI=1S/C14H16ClNO/c1-4-5-10-8-11-9(2)6-7-12(17-3)13(11)16-14(10)15/h6-8H,4-5H2,1-3H3. The number of methoxy groups -OCH3 is 1. The maximum absolute atomic E-state index is 6.20. The van der Waals surface area contributed by atoms with Gasteiger partial charge in [0.05, 0.1) is 7.11 Å². The number of benzene rings is 1. The van der Waals surface area contributed by atoms with E-state index in [2.05, 4.69) is 24.9 Å². The number of aromatic nitrogens is 1. The first-order chi connectivity index (χ1) is 8.17. The second-order valence-corrected chi connectivity index (χ2v) is 4.53. The summed E-state index contributed by atoms with van der Waals surface area (Å²) in [4.78, 5) is 4.47. The molecule has 0 N–H and O–H groups in total. The van der Waals surface area contributed by atoms with Gasteiger partial charge in [0.15, 0.2) is 0 Å². The van der Waals surface area contributed by atoms with E-state index in [1.165, 1.54) is 5.56 Å². The molecule has 3 heteroatoms. The molecule has 1 heterocycles. The molecule has 2 rings (SSSR count). The molecule has 0 aliphatic heterocycles. The molecule has 0 unspecified atom stereocenters. The summed E-state index contributed by atoms with van der Waals surface area (Å²) in [7, 11) is 1.65. The Morgan fingerprint density at radius 1 is 1.35 bits per heavy atom. The van der Waals surface area contributed by atoms with E-state index in [1.54, 1.807) is 7.11 Å². The molecule has 0 atom stereocenters. The van der Waals surface area contributed by atoms with Gasteiger partial charge in [0, 0.05) is 5.39 Å². The zero-order valence-corrected chi connectivity index (χ0v) is 11.1. The van der Waals surface area contributed by atoms with Gasteiger partial charge in [-0.15, -0.1) is 0 Å². The van der Waals surface area contributed by atoms with Gasteiger partial charge in [-0.25, -0.2) is 4.98 Å². The number of ether oxygens (including phenoxy) is 1. The Labute approximate surface area is 107 Å². The van der Waals surface area contributed by atoms with Crippen LogP contribution in [0.25, 0.3) is 10.9 Å². The maximum atomic E-state index is 6.20. The van der Waals surface area contributed by atoms with Crippen molar-refractivity contribution in [3.63, 3.8) is 0 Å². The van der Waals surface area contributed by atoms with E-state index >= 15 is 0 Å². The second-order valence-electron chi connectivity index (χ2n) is 4.17. The maximum Gasteiger partial charge on any atom is 0.145 e. The van der Waals surface area contributed by atoms with Gasteiger partial charge in [-0.05, 0) is 36.6 Å². The van der Waals surface area contributed by atoms with Gasteiger partial charge < -0.3 is 4.74 Å². The van der Waals surface area contributed by atoms with E-state index in [4.69, 9.17) is 16.3 Å². The van der Waals surface area contributed by atoms with Gasteiger partial charge in [-0.1, -0.05) is 31.0 Å². The van der Waals surface area contributed by atoms with E-state index in [0.29, 0.717) is 5.15 Å². The van der Waals surface area contributed by atoms with Crippen LogP contribution in [0.5, 0.6) is 5.75 Å². The highest BCUT2D eigenvalue weighted by Crippen LogP contribution is 2.30. The third-order valence-corrected chi connectivity index (χ3v) is 3.26. The number of fused-ring (bicyclic) bond motifs is 1. The first kappa shape index (κ1) is 12.2. The van der Waals surface area contributed by atoms with Crippen molar-refractivity contribution in [3.05, 3.63) is 34.5 Å². The molecule has 0 aliphatic carbocycles. The number of pyridine rings is 1. The molecule has 17 heavy (non-hydrogen) atoms. The summed E-state index contributed by atoms with van der Waals surface area (Å²) in [5.74, 6) is 0.774. The summed E-state index contributed by atoms with van der Waals surface area (Å²) in [6, 6.07) is 6.11. The Hall–Kier alpha value is -1.28. The number of halogens is 1. The van der Waals surface area contributed by atoms with Crippen molar-refractivity contribution in [1.82, 2.24) is 4.98 Å². The van der Waals surface area contributed by atoms with Crippen LogP contribution in [0.2, 0.25) is 5.15 Å². The summed E-state index contributed by atoms with van der Waals surface area (Å²) < 4.78 is 5.32. The summed E-state index contributed by atoms with van der Waals surface area (Å²) in [6.45, 7) is 4.21. The van der Waals surface area contributed by atoms with Crippen LogP contribution in [0.3, 0.4) is 0 Å². The Bertz CT molecular complexity index is 551. The highest BCUT2D eigenvalue weighted by atomic mass is 35.5. The smallest absolute Gasteiger partial charge is 0.145 e. The second kappa shape index (κ2) is 4.92. The summed E-state index contributed by atoms with van der Waals surface area (Å²) >= 11 is 6.20. The molecule has 2 nitrogen and oxygen atoms in total. The van der Waals surface area contributed by atoms with Crippen LogP contribution in [0.1, 0.15) is 24.5 Å². The van der Waals surface area contributed by atoms with Crippen LogP contribution >= 0.6 is 11.6 Å². The Morgan fingerprint density at radius 2 is 2.12 bits per heavy atom. The van der Waals surface area contributed by atoms with E-state index in [1.807, 2.05) is 12.1 Å². The van der Waals surface area contributed by atoms with Gasteiger partial charge in [-0.2, -0.15) is 0 Å². The third kappa shape index (κ3) is 2.22. The highest BCUT2D eigenvalue weighted by Gasteiger charge is 2.10. The lowest BCUT2D eigenvalue weighted by Gasteiger charge is -2.10. The average Bonchev–Trinajstić information content (AvgIpc) is 2.32. The number of hydrogen-bond acceptors (Lipinski definition) is 2. The first-order valence-corrected chi connectivity index (χ1v) is 6.18. The van der Waals surface area contributed by atoms with Crippen molar-refractivity contribution >= 4 is 22.5 Å². The minimum absolute atomic E-state index is 0.586. The van der Waals surface area contributed by atoms with Gasteiger partial charge in [0.1, 0.15) is 16.4 Å². The number of rotatable bonds is 3. The Morgan fingerprint density at radius 3 is 2.76 bits per heavy atom. The highest BCUT2D eigenvalue weighted by molar-refractivity contribution is 6.30. The summed E-state index contributed by atoms with van der Waals surface area (Å²) in [5, 5.41) is 1.71. The SMILES string of the molecule is CCCc1cc2c(C)ccc(OC)c2nc1Cl. The van der Waals surface area contributed by atoms with Crippen molar-refractivity contribution in [3.8, 4) is 5.75 Å². The van der Waals surface area contributed by atoms with E-state index < -0.39 is 0 Å². The quantitative estimate of drug-likeness (QED) is 0.762.